The molecule has 25 heavy (non-hydrogen) atoms. The molecule has 1 aliphatic heterocycles. The van der Waals surface area contributed by atoms with Crippen LogP contribution in [-0.2, 0) is 0 Å². The molecule has 1 aliphatic rings. The fourth-order valence-corrected chi connectivity index (χ4v) is 4.02. The van der Waals surface area contributed by atoms with Crippen LogP contribution in [0, 0.1) is 40.5 Å². The molecule has 0 saturated carbocycles. The first-order valence-electron chi connectivity index (χ1n) is 9.36. The minimum atomic E-state index is 0. The Labute approximate surface area is 168 Å². The van der Waals surface area contributed by atoms with Crippen LogP contribution in [0.1, 0.15) is 66.1 Å². The Morgan fingerprint density at radius 1 is 0.760 bits per heavy atom. The number of rotatable bonds is 5. The van der Waals surface area contributed by atoms with Crippen molar-refractivity contribution in [2.45, 2.75) is 67.3 Å². The molecule has 1 aromatic rings. The number of hydrogen-bond donors (Lipinski definition) is 1. The van der Waals surface area contributed by atoms with Crippen molar-refractivity contribution in [1.29, 1.82) is 0 Å². The molecule has 0 spiro atoms. The van der Waals surface area contributed by atoms with Crippen molar-refractivity contribution >= 4 is 24.8 Å². The minimum absolute atomic E-state index is 0. The fourth-order valence-electron chi connectivity index (χ4n) is 4.02. The van der Waals surface area contributed by atoms with Crippen LogP contribution in [0.4, 0.5) is 0 Å². The van der Waals surface area contributed by atoms with Gasteiger partial charge in [-0.3, -0.25) is 4.90 Å². The second kappa shape index (κ2) is 10.8. The van der Waals surface area contributed by atoms with E-state index in [1.165, 1.54) is 53.7 Å². The topological polar surface area (TPSA) is 15.3 Å². The van der Waals surface area contributed by atoms with Crippen LogP contribution in [0.15, 0.2) is 0 Å². The SMILES string of the molecule is Cc1c(C)c(C)c([C@H](CCC(C)C)N2CCNCC2)c(C)c1C.Cl.Cl. The van der Waals surface area contributed by atoms with E-state index in [9.17, 15) is 0 Å². The predicted molar refractivity (Wildman–Crippen MR) is 116 cm³/mol. The first kappa shape index (κ1) is 24.7. The van der Waals surface area contributed by atoms with Gasteiger partial charge in [-0.1, -0.05) is 13.8 Å². The summed E-state index contributed by atoms with van der Waals surface area (Å²) in [4.78, 5) is 2.72. The lowest BCUT2D eigenvalue weighted by Gasteiger charge is -2.38. The summed E-state index contributed by atoms with van der Waals surface area (Å²) in [6.07, 6.45) is 2.58. The average Bonchev–Trinajstić information content (AvgIpc) is 2.54. The average molecular weight is 389 g/mol. The third-order valence-electron chi connectivity index (χ3n) is 6.00. The van der Waals surface area contributed by atoms with Gasteiger partial charge in [0.05, 0.1) is 0 Å². The van der Waals surface area contributed by atoms with Crippen LogP contribution in [-0.4, -0.2) is 31.1 Å². The van der Waals surface area contributed by atoms with Crippen LogP contribution >= 0.6 is 24.8 Å². The predicted octanol–water partition coefficient (Wildman–Crippen LogP) is 5.45. The van der Waals surface area contributed by atoms with Crippen molar-refractivity contribution in [3.8, 4) is 0 Å². The molecule has 1 fully saturated rings. The highest BCUT2D eigenvalue weighted by Crippen LogP contribution is 2.36. The smallest absolute Gasteiger partial charge is 0.0354 e. The summed E-state index contributed by atoms with van der Waals surface area (Å²) in [6.45, 7) is 20.9. The highest BCUT2D eigenvalue weighted by molar-refractivity contribution is 5.85. The van der Waals surface area contributed by atoms with Crippen molar-refractivity contribution < 1.29 is 0 Å². The van der Waals surface area contributed by atoms with E-state index >= 15 is 0 Å². The summed E-state index contributed by atoms with van der Waals surface area (Å²) in [5.41, 5.74) is 9.14. The zero-order valence-electron chi connectivity index (χ0n) is 17.2. The lowest BCUT2D eigenvalue weighted by Crippen LogP contribution is -2.45. The van der Waals surface area contributed by atoms with E-state index < -0.39 is 0 Å². The van der Waals surface area contributed by atoms with Gasteiger partial charge in [0.15, 0.2) is 0 Å². The highest BCUT2D eigenvalue weighted by atomic mass is 35.5. The Bertz CT molecular complexity index is 520. The third-order valence-corrected chi connectivity index (χ3v) is 6.00. The van der Waals surface area contributed by atoms with Gasteiger partial charge in [-0.2, -0.15) is 0 Å². The molecular weight excluding hydrogens is 351 g/mol. The van der Waals surface area contributed by atoms with Crippen molar-refractivity contribution in [2.24, 2.45) is 5.92 Å². The second-order valence-electron chi connectivity index (χ2n) is 7.81. The van der Waals surface area contributed by atoms with E-state index in [4.69, 9.17) is 0 Å². The van der Waals surface area contributed by atoms with Crippen LogP contribution < -0.4 is 5.32 Å². The van der Waals surface area contributed by atoms with Gasteiger partial charge in [0.2, 0.25) is 0 Å². The normalized spacial score (nSPS) is 16.3. The van der Waals surface area contributed by atoms with Crippen molar-refractivity contribution in [3.05, 3.63) is 33.4 Å². The summed E-state index contributed by atoms with van der Waals surface area (Å²) in [7, 11) is 0. The maximum atomic E-state index is 3.51. The van der Waals surface area contributed by atoms with Gasteiger partial charge in [-0.25, -0.2) is 0 Å². The molecule has 4 heteroatoms. The molecule has 1 atom stereocenters. The van der Waals surface area contributed by atoms with E-state index in [-0.39, 0.29) is 24.8 Å². The molecule has 0 radical (unpaired) electrons. The van der Waals surface area contributed by atoms with Crippen molar-refractivity contribution in [2.75, 3.05) is 26.2 Å². The number of benzene rings is 1. The summed E-state index contributed by atoms with van der Waals surface area (Å²) in [5.74, 6) is 0.772. The first-order chi connectivity index (χ1) is 10.8. The number of halogens is 2. The Hall–Kier alpha value is -0.280. The number of hydrogen-bond acceptors (Lipinski definition) is 2. The Morgan fingerprint density at radius 2 is 1.20 bits per heavy atom. The number of piperazine rings is 1. The molecule has 0 amide bonds. The molecule has 1 heterocycles. The van der Waals surface area contributed by atoms with Crippen LogP contribution in [0.25, 0.3) is 0 Å². The first-order valence-corrected chi connectivity index (χ1v) is 9.36. The van der Waals surface area contributed by atoms with Gasteiger partial charge in [0.1, 0.15) is 0 Å². The van der Waals surface area contributed by atoms with Crippen LogP contribution in [0.5, 0.6) is 0 Å². The second-order valence-corrected chi connectivity index (χ2v) is 7.81. The molecule has 0 aromatic heterocycles. The third kappa shape index (κ3) is 5.60. The number of nitrogens with zero attached hydrogens (tertiary/aromatic N) is 1. The standard InChI is InChI=1S/C21H36N2.2ClH/c1-14(2)8-9-20(23-12-10-22-11-13-23)21-18(6)16(4)15(3)17(5)19(21)7;;/h14,20,22H,8-13H2,1-7H3;2*1H/t20-;;/m0../s1. The monoisotopic (exact) mass is 388 g/mol. The Kier molecular flexibility index (Phi) is 10.6. The lowest BCUT2D eigenvalue weighted by atomic mass is 9.83. The van der Waals surface area contributed by atoms with Gasteiger partial charge in [-0.05, 0) is 86.8 Å². The van der Waals surface area contributed by atoms with Gasteiger partial charge < -0.3 is 5.32 Å². The maximum absolute atomic E-state index is 3.51. The summed E-state index contributed by atoms with van der Waals surface area (Å²) >= 11 is 0. The largest absolute Gasteiger partial charge is 0.314 e. The highest BCUT2D eigenvalue weighted by Gasteiger charge is 2.26. The minimum Gasteiger partial charge on any atom is -0.314 e. The molecule has 1 saturated heterocycles. The molecule has 146 valence electrons. The van der Waals surface area contributed by atoms with E-state index in [0.29, 0.717) is 6.04 Å². The molecule has 2 nitrogen and oxygen atoms in total. The van der Waals surface area contributed by atoms with Crippen molar-refractivity contribution in [3.63, 3.8) is 0 Å². The van der Waals surface area contributed by atoms with Crippen LogP contribution in [0.2, 0.25) is 0 Å². The molecule has 1 aromatic carbocycles. The summed E-state index contributed by atoms with van der Waals surface area (Å²) < 4.78 is 0. The molecule has 0 unspecified atom stereocenters. The molecule has 2 rings (SSSR count). The van der Waals surface area contributed by atoms with E-state index in [1.54, 1.807) is 5.56 Å². The quantitative estimate of drug-likeness (QED) is 0.720. The van der Waals surface area contributed by atoms with Gasteiger partial charge in [0, 0.05) is 32.2 Å². The zero-order valence-corrected chi connectivity index (χ0v) is 18.8. The zero-order chi connectivity index (χ0) is 17.1. The maximum Gasteiger partial charge on any atom is 0.0354 e. The van der Waals surface area contributed by atoms with Gasteiger partial charge in [-0.15, -0.1) is 24.8 Å². The molecular formula is C21H38Cl2N2. The fraction of sp³-hybridized carbons (Fsp3) is 0.714. The molecule has 0 bridgehead atoms. The van der Waals surface area contributed by atoms with E-state index in [1.807, 2.05) is 0 Å². The summed E-state index contributed by atoms with van der Waals surface area (Å²) in [6, 6.07) is 0.581. The van der Waals surface area contributed by atoms with E-state index in [2.05, 4.69) is 58.7 Å². The van der Waals surface area contributed by atoms with Crippen LogP contribution in [0.3, 0.4) is 0 Å². The van der Waals surface area contributed by atoms with Gasteiger partial charge in [0.25, 0.3) is 0 Å². The number of nitrogens with one attached hydrogen (secondary N) is 1. The van der Waals surface area contributed by atoms with E-state index in [0.717, 1.165) is 19.0 Å². The van der Waals surface area contributed by atoms with Crippen molar-refractivity contribution in [1.82, 2.24) is 10.2 Å². The Morgan fingerprint density at radius 3 is 1.64 bits per heavy atom. The molecule has 0 aliphatic carbocycles. The Balaban J connectivity index is 0.00000288. The van der Waals surface area contributed by atoms with Gasteiger partial charge >= 0.3 is 0 Å². The lowest BCUT2D eigenvalue weighted by molar-refractivity contribution is 0.158. The molecule has 1 N–H and O–H groups in total. The summed E-state index contributed by atoms with van der Waals surface area (Å²) in [5, 5.41) is 3.51.